The van der Waals surface area contributed by atoms with Crippen LogP contribution in [-0.2, 0) is 6.54 Å². The van der Waals surface area contributed by atoms with Crippen LogP contribution in [0.25, 0.3) is 10.9 Å². The van der Waals surface area contributed by atoms with Crippen molar-refractivity contribution in [1.29, 1.82) is 0 Å². The minimum Gasteiger partial charge on any atom is -0.383 e. The molecule has 2 heterocycles. The molecule has 3 aromatic rings. The zero-order valence-electron chi connectivity index (χ0n) is 14.4. The fourth-order valence-corrected chi connectivity index (χ4v) is 3.69. The second kappa shape index (κ2) is 6.97. The van der Waals surface area contributed by atoms with Crippen molar-refractivity contribution in [3.05, 3.63) is 53.1 Å². The highest BCUT2D eigenvalue weighted by molar-refractivity contribution is 6.31. The lowest BCUT2D eigenvalue weighted by Gasteiger charge is -2.36. The largest absolute Gasteiger partial charge is 0.383 e. The number of anilines is 3. The van der Waals surface area contributed by atoms with Crippen LogP contribution in [0.4, 0.5) is 17.5 Å². The number of hydrogen-bond donors (Lipinski definition) is 2. The van der Waals surface area contributed by atoms with E-state index in [9.17, 15) is 0 Å². The number of piperazine rings is 1. The van der Waals surface area contributed by atoms with Crippen molar-refractivity contribution < 1.29 is 0 Å². The van der Waals surface area contributed by atoms with E-state index in [1.54, 1.807) is 0 Å². The molecule has 1 fully saturated rings. The Morgan fingerprint density at radius 1 is 0.923 bits per heavy atom. The van der Waals surface area contributed by atoms with E-state index in [1.807, 2.05) is 30.3 Å². The van der Waals surface area contributed by atoms with E-state index in [0.717, 1.165) is 54.3 Å². The van der Waals surface area contributed by atoms with Crippen LogP contribution in [0.3, 0.4) is 0 Å². The highest BCUT2D eigenvalue weighted by Gasteiger charge is 2.20. The minimum absolute atomic E-state index is 0.205. The number of rotatable bonds is 3. The van der Waals surface area contributed by atoms with Gasteiger partial charge in [0.2, 0.25) is 5.95 Å². The Morgan fingerprint density at radius 2 is 1.69 bits per heavy atom. The fourth-order valence-electron chi connectivity index (χ4n) is 3.49. The summed E-state index contributed by atoms with van der Waals surface area (Å²) in [6.07, 6.45) is 0. The molecule has 6 nitrogen and oxygen atoms in total. The van der Waals surface area contributed by atoms with Crippen LogP contribution in [-0.4, -0.2) is 41.0 Å². The van der Waals surface area contributed by atoms with Crippen LogP contribution in [0.1, 0.15) is 5.56 Å². The molecule has 0 atom stereocenters. The van der Waals surface area contributed by atoms with E-state index in [-0.39, 0.29) is 5.95 Å². The van der Waals surface area contributed by atoms with Gasteiger partial charge in [-0.25, -0.2) is 4.98 Å². The summed E-state index contributed by atoms with van der Waals surface area (Å²) < 4.78 is 0. The first-order chi connectivity index (χ1) is 12.6. The quantitative estimate of drug-likeness (QED) is 0.739. The molecule has 4 rings (SSSR count). The molecule has 0 saturated carbocycles. The van der Waals surface area contributed by atoms with Crippen LogP contribution in [0.2, 0.25) is 5.02 Å². The molecule has 0 amide bonds. The van der Waals surface area contributed by atoms with Gasteiger partial charge in [0.25, 0.3) is 0 Å². The summed E-state index contributed by atoms with van der Waals surface area (Å²) in [4.78, 5) is 13.2. The average Bonchev–Trinajstić information content (AvgIpc) is 2.63. The average molecular weight is 369 g/mol. The molecule has 0 aliphatic carbocycles. The van der Waals surface area contributed by atoms with Crippen molar-refractivity contribution in [1.82, 2.24) is 14.9 Å². The zero-order chi connectivity index (χ0) is 18.1. The van der Waals surface area contributed by atoms with Gasteiger partial charge in [-0.2, -0.15) is 4.98 Å². The standard InChI is InChI=1S/C19H21ClN6/c20-14-5-2-1-4-13(14)12-25-8-10-26(11-9-25)16-7-3-6-15-17(16)18(21)24-19(22)23-15/h1-7H,8-12H2,(H4,21,22,23,24). The molecule has 1 saturated heterocycles. The van der Waals surface area contributed by atoms with E-state index >= 15 is 0 Å². The summed E-state index contributed by atoms with van der Waals surface area (Å²) in [7, 11) is 0. The summed E-state index contributed by atoms with van der Waals surface area (Å²) in [5.41, 5.74) is 14.9. The molecular weight excluding hydrogens is 348 g/mol. The van der Waals surface area contributed by atoms with Gasteiger partial charge in [0, 0.05) is 43.4 Å². The SMILES string of the molecule is Nc1nc(N)c2c(N3CCN(Cc4ccccc4Cl)CC3)cccc2n1. The van der Waals surface area contributed by atoms with E-state index in [2.05, 4.69) is 31.9 Å². The Bertz CT molecular complexity index is 936. The Kier molecular flexibility index (Phi) is 4.53. The van der Waals surface area contributed by atoms with Gasteiger partial charge < -0.3 is 16.4 Å². The van der Waals surface area contributed by atoms with E-state index in [0.29, 0.717) is 5.82 Å². The predicted octanol–water partition coefficient (Wildman–Crippen LogP) is 2.77. The number of aromatic nitrogens is 2. The first kappa shape index (κ1) is 16.9. The number of nitrogens with zero attached hydrogens (tertiary/aromatic N) is 4. The molecule has 0 radical (unpaired) electrons. The molecule has 134 valence electrons. The predicted molar refractivity (Wildman–Crippen MR) is 107 cm³/mol. The summed E-state index contributed by atoms with van der Waals surface area (Å²) in [5.74, 6) is 0.637. The molecule has 0 spiro atoms. The van der Waals surface area contributed by atoms with E-state index in [1.165, 1.54) is 5.56 Å². The first-order valence-corrected chi connectivity index (χ1v) is 9.02. The van der Waals surface area contributed by atoms with Gasteiger partial charge in [-0.1, -0.05) is 35.9 Å². The topological polar surface area (TPSA) is 84.3 Å². The molecule has 7 heteroatoms. The molecule has 4 N–H and O–H groups in total. The summed E-state index contributed by atoms with van der Waals surface area (Å²) in [6, 6.07) is 14.0. The number of hydrogen-bond acceptors (Lipinski definition) is 6. The van der Waals surface area contributed by atoms with Gasteiger partial charge in [-0.15, -0.1) is 0 Å². The highest BCUT2D eigenvalue weighted by Crippen LogP contribution is 2.31. The second-order valence-corrected chi connectivity index (χ2v) is 6.90. The Hall–Kier alpha value is -2.57. The second-order valence-electron chi connectivity index (χ2n) is 6.49. The van der Waals surface area contributed by atoms with E-state index in [4.69, 9.17) is 23.1 Å². The third kappa shape index (κ3) is 3.25. The lowest BCUT2D eigenvalue weighted by molar-refractivity contribution is 0.250. The van der Waals surface area contributed by atoms with Crippen molar-refractivity contribution in [3.63, 3.8) is 0 Å². The molecule has 0 unspecified atom stereocenters. The van der Waals surface area contributed by atoms with Gasteiger partial charge in [0.05, 0.1) is 10.9 Å². The first-order valence-electron chi connectivity index (χ1n) is 8.64. The van der Waals surface area contributed by atoms with Crippen molar-refractivity contribution in [2.75, 3.05) is 42.5 Å². The molecule has 26 heavy (non-hydrogen) atoms. The Labute approximate surface area is 157 Å². The molecule has 1 aliphatic heterocycles. The number of fused-ring (bicyclic) bond motifs is 1. The fraction of sp³-hybridized carbons (Fsp3) is 0.263. The number of benzene rings is 2. The molecular formula is C19H21ClN6. The van der Waals surface area contributed by atoms with Gasteiger partial charge in [0.1, 0.15) is 5.82 Å². The number of nitrogens with two attached hydrogens (primary N) is 2. The number of nitrogen functional groups attached to an aromatic ring is 2. The number of halogens is 1. The molecule has 1 aliphatic rings. The third-order valence-corrected chi connectivity index (χ3v) is 5.18. The lowest BCUT2D eigenvalue weighted by Crippen LogP contribution is -2.46. The van der Waals surface area contributed by atoms with Gasteiger partial charge in [-0.05, 0) is 23.8 Å². The van der Waals surface area contributed by atoms with Crippen molar-refractivity contribution in [3.8, 4) is 0 Å². The van der Waals surface area contributed by atoms with Gasteiger partial charge in [-0.3, -0.25) is 4.90 Å². The summed E-state index contributed by atoms with van der Waals surface area (Å²) in [6.45, 7) is 4.60. The Morgan fingerprint density at radius 3 is 2.46 bits per heavy atom. The van der Waals surface area contributed by atoms with Crippen LogP contribution < -0.4 is 16.4 Å². The maximum atomic E-state index is 6.29. The van der Waals surface area contributed by atoms with Crippen molar-refractivity contribution >= 4 is 40.0 Å². The smallest absolute Gasteiger partial charge is 0.222 e. The zero-order valence-corrected chi connectivity index (χ0v) is 15.2. The molecule has 1 aromatic heterocycles. The third-order valence-electron chi connectivity index (χ3n) is 4.81. The van der Waals surface area contributed by atoms with E-state index < -0.39 is 0 Å². The normalized spacial score (nSPS) is 15.5. The van der Waals surface area contributed by atoms with Crippen LogP contribution in [0, 0.1) is 0 Å². The monoisotopic (exact) mass is 368 g/mol. The Balaban J connectivity index is 1.52. The minimum atomic E-state index is 0.205. The maximum Gasteiger partial charge on any atom is 0.222 e. The maximum absolute atomic E-state index is 6.29. The van der Waals surface area contributed by atoms with Gasteiger partial charge in [0.15, 0.2) is 0 Å². The lowest BCUT2D eigenvalue weighted by atomic mass is 10.1. The summed E-state index contributed by atoms with van der Waals surface area (Å²) >= 11 is 6.29. The van der Waals surface area contributed by atoms with Crippen LogP contribution in [0.5, 0.6) is 0 Å². The highest BCUT2D eigenvalue weighted by atomic mass is 35.5. The van der Waals surface area contributed by atoms with Crippen molar-refractivity contribution in [2.24, 2.45) is 0 Å². The van der Waals surface area contributed by atoms with Crippen LogP contribution in [0.15, 0.2) is 42.5 Å². The van der Waals surface area contributed by atoms with Gasteiger partial charge >= 0.3 is 0 Å². The summed E-state index contributed by atoms with van der Waals surface area (Å²) in [5, 5.41) is 1.70. The van der Waals surface area contributed by atoms with Crippen LogP contribution >= 0.6 is 11.6 Å². The van der Waals surface area contributed by atoms with Crippen molar-refractivity contribution in [2.45, 2.75) is 6.54 Å². The molecule has 0 bridgehead atoms. The molecule has 2 aromatic carbocycles.